The molecule has 0 spiro atoms. The van der Waals surface area contributed by atoms with Crippen LogP contribution in [0.5, 0.6) is 0 Å². The molecule has 8 heteroatoms. The number of ketones is 1. The van der Waals surface area contributed by atoms with Crippen molar-refractivity contribution in [2.24, 2.45) is 10.8 Å². The van der Waals surface area contributed by atoms with E-state index in [0.29, 0.717) is 36.8 Å². The van der Waals surface area contributed by atoms with E-state index in [1.807, 2.05) is 115 Å². The Morgan fingerprint density at radius 2 is 1.39 bits per heavy atom. The third-order valence-corrected chi connectivity index (χ3v) is 11.6. The Hall–Kier alpha value is -3.43. The van der Waals surface area contributed by atoms with Gasteiger partial charge in [0.2, 0.25) is 0 Å². The smallest absolute Gasteiger partial charge is 0.161 e. The molecule has 2 aliphatic carbocycles. The molecule has 1 saturated heterocycles. The number of fused-ring (bicyclic) bond motifs is 1. The number of epoxide rings is 1. The molecule has 2 saturated carbocycles. The monoisotopic (exact) mass is 772 g/mol. The maximum atomic E-state index is 13.4. The van der Waals surface area contributed by atoms with Crippen molar-refractivity contribution >= 4 is 5.78 Å². The molecule has 0 aromatic rings. The van der Waals surface area contributed by atoms with Crippen LogP contribution in [0, 0.1) is 10.8 Å². The van der Waals surface area contributed by atoms with Crippen LogP contribution in [0.2, 0.25) is 0 Å². The minimum absolute atomic E-state index is 0.0377. The molecule has 5 N–H and O–H groups in total. The molecule has 308 valence electrons. The molecule has 0 aromatic heterocycles. The zero-order valence-electron chi connectivity index (χ0n) is 35.5. The molecule has 4 unspecified atom stereocenters. The van der Waals surface area contributed by atoms with E-state index in [1.54, 1.807) is 6.92 Å². The summed E-state index contributed by atoms with van der Waals surface area (Å²) in [6, 6.07) is 0. The van der Waals surface area contributed by atoms with E-state index >= 15 is 0 Å². The van der Waals surface area contributed by atoms with Gasteiger partial charge in [-0.05, 0) is 93.6 Å². The number of ether oxygens (including phenoxy) is 2. The van der Waals surface area contributed by atoms with Crippen molar-refractivity contribution in [1.29, 1.82) is 0 Å². The van der Waals surface area contributed by atoms with Gasteiger partial charge in [0, 0.05) is 24.8 Å². The molecule has 3 rings (SSSR count). The lowest BCUT2D eigenvalue weighted by atomic mass is 9.61. The summed E-state index contributed by atoms with van der Waals surface area (Å²) in [6.07, 6.45) is 20.7. The number of Topliss-reactive ketones (excluding diaryl/α,β-unsaturated/α-hetero) is 1. The SMILES string of the molecule is C=C(CO)[C@@H](O)[C@H](O)C(=C)COC1CC(C)(C)C2(CC(=O)/C(C)=C/C=C/C(C)=C/C=C/C=C(C)/C=C/C=C(\C)C=C=C3C(C)(C)CC(O)C[C@@]3(C)O)OC2(C)C1. The second-order valence-electron chi connectivity index (χ2n) is 17.9. The van der Waals surface area contributed by atoms with Crippen LogP contribution in [0.15, 0.2) is 125 Å². The number of carbonyl (C=O) groups is 1. The van der Waals surface area contributed by atoms with E-state index in [1.165, 1.54) is 0 Å². The van der Waals surface area contributed by atoms with Gasteiger partial charge in [-0.1, -0.05) is 113 Å². The van der Waals surface area contributed by atoms with Crippen LogP contribution in [-0.4, -0.2) is 85.7 Å². The third kappa shape index (κ3) is 11.8. The number of hydrogen-bond acceptors (Lipinski definition) is 8. The van der Waals surface area contributed by atoms with Gasteiger partial charge < -0.3 is 35.0 Å². The standard InChI is InChI=1S/C48H68O8/c1-32(19-15-20-34(3)23-24-41-44(7,8)25-38(50)26-46(41,11)54)17-13-14-18-33(2)21-16-22-35(4)40(51)29-48-45(9,10)27-39(28-47(48,12)56-48)55-31-37(6)43(53)42(52)36(5)30-49/h13-23,38-39,42-43,49-50,52-54H,5-6,25-31H2,1-4,7-12H3/b14-13+,19-15+,21-16+,32-17+,33-18+,34-20+,35-22+/t24?,38?,39?,42-,43-,46-,47?,48?/m1/s1. The minimum atomic E-state index is -1.32. The molecule has 0 amide bonds. The maximum absolute atomic E-state index is 13.4. The molecule has 3 aliphatic rings. The Morgan fingerprint density at radius 3 is 1.95 bits per heavy atom. The Balaban J connectivity index is 1.52. The van der Waals surface area contributed by atoms with Crippen molar-refractivity contribution in [3.05, 3.63) is 125 Å². The van der Waals surface area contributed by atoms with Crippen LogP contribution in [-0.2, 0) is 14.3 Å². The Bertz CT molecular complexity index is 1750. The van der Waals surface area contributed by atoms with Crippen LogP contribution in [0.1, 0.15) is 101 Å². The molecule has 0 aromatic carbocycles. The highest BCUT2D eigenvalue weighted by Crippen LogP contribution is 2.67. The van der Waals surface area contributed by atoms with E-state index < -0.39 is 41.7 Å². The van der Waals surface area contributed by atoms with E-state index in [4.69, 9.17) is 9.47 Å². The van der Waals surface area contributed by atoms with Crippen molar-refractivity contribution in [2.45, 2.75) is 143 Å². The van der Waals surface area contributed by atoms with Gasteiger partial charge in [-0.3, -0.25) is 4.79 Å². The summed E-state index contributed by atoms with van der Waals surface area (Å²) in [5.41, 5.74) is 5.42. The van der Waals surface area contributed by atoms with Crippen LogP contribution in [0.25, 0.3) is 0 Å². The Morgan fingerprint density at radius 1 is 0.839 bits per heavy atom. The van der Waals surface area contributed by atoms with Gasteiger partial charge in [-0.2, -0.15) is 0 Å². The van der Waals surface area contributed by atoms with E-state index in [0.717, 1.165) is 22.3 Å². The fraction of sp³-hybridized carbons (Fsp3) is 0.542. The highest BCUT2D eigenvalue weighted by molar-refractivity contribution is 5.96. The summed E-state index contributed by atoms with van der Waals surface area (Å²) in [5, 5.41) is 50.8. The first kappa shape index (κ1) is 46.9. The lowest BCUT2D eigenvalue weighted by Crippen LogP contribution is -2.49. The van der Waals surface area contributed by atoms with Gasteiger partial charge in [-0.15, -0.1) is 5.73 Å². The quantitative estimate of drug-likeness (QED) is 0.0330. The first-order valence-electron chi connectivity index (χ1n) is 19.7. The molecular weight excluding hydrogens is 705 g/mol. The van der Waals surface area contributed by atoms with Crippen molar-refractivity contribution in [2.75, 3.05) is 13.2 Å². The van der Waals surface area contributed by atoms with E-state index in [-0.39, 0.29) is 41.3 Å². The van der Waals surface area contributed by atoms with Crippen LogP contribution in [0.3, 0.4) is 0 Å². The van der Waals surface area contributed by atoms with Gasteiger partial charge in [0.25, 0.3) is 0 Å². The predicted molar refractivity (Wildman–Crippen MR) is 226 cm³/mol. The Kier molecular flexibility index (Phi) is 15.8. The fourth-order valence-corrected chi connectivity index (χ4v) is 8.41. The van der Waals surface area contributed by atoms with Crippen molar-refractivity contribution in [3.8, 4) is 0 Å². The predicted octanol–water partition coefficient (Wildman–Crippen LogP) is 7.97. The fourth-order valence-electron chi connectivity index (χ4n) is 8.41. The molecular formula is C48H68O8. The zero-order chi connectivity index (χ0) is 42.3. The molecule has 8 nitrogen and oxygen atoms in total. The van der Waals surface area contributed by atoms with Gasteiger partial charge in [0.1, 0.15) is 17.8 Å². The third-order valence-electron chi connectivity index (χ3n) is 11.6. The average molecular weight is 773 g/mol. The molecule has 0 radical (unpaired) electrons. The number of hydrogen-bond donors (Lipinski definition) is 5. The van der Waals surface area contributed by atoms with Gasteiger partial charge >= 0.3 is 0 Å². The number of rotatable bonds is 17. The number of aliphatic hydroxyl groups is 5. The highest BCUT2D eigenvalue weighted by atomic mass is 16.6. The van der Waals surface area contributed by atoms with Gasteiger partial charge in [0.05, 0.1) is 36.6 Å². The summed E-state index contributed by atoms with van der Waals surface area (Å²) in [7, 11) is 0. The molecule has 1 heterocycles. The summed E-state index contributed by atoms with van der Waals surface area (Å²) in [5.74, 6) is 0.0377. The molecule has 7 atom stereocenters. The normalized spacial score (nSPS) is 30.7. The lowest BCUT2D eigenvalue weighted by molar-refractivity contribution is -0.118. The summed E-state index contributed by atoms with van der Waals surface area (Å²) in [4.78, 5) is 13.4. The van der Waals surface area contributed by atoms with Crippen LogP contribution in [0.4, 0.5) is 0 Å². The molecule has 1 aliphatic heterocycles. The van der Waals surface area contributed by atoms with Crippen molar-refractivity contribution < 1.29 is 39.8 Å². The summed E-state index contributed by atoms with van der Waals surface area (Å²) < 4.78 is 12.5. The highest BCUT2D eigenvalue weighted by Gasteiger charge is 2.76. The number of allylic oxidation sites excluding steroid dienone is 14. The lowest BCUT2D eigenvalue weighted by Gasteiger charge is -2.43. The largest absolute Gasteiger partial charge is 0.393 e. The second-order valence-corrected chi connectivity index (χ2v) is 17.9. The number of carbonyl (C=O) groups excluding carboxylic acids is 1. The first-order valence-corrected chi connectivity index (χ1v) is 19.7. The van der Waals surface area contributed by atoms with Crippen LogP contribution >= 0.6 is 0 Å². The second kappa shape index (κ2) is 18.9. The molecule has 56 heavy (non-hydrogen) atoms. The van der Waals surface area contributed by atoms with Gasteiger partial charge in [-0.25, -0.2) is 0 Å². The zero-order valence-corrected chi connectivity index (χ0v) is 35.5. The topological polar surface area (TPSA) is 140 Å². The number of aliphatic hydroxyl groups excluding tert-OH is 4. The summed E-state index contributed by atoms with van der Waals surface area (Å²) in [6.45, 7) is 26.9. The van der Waals surface area contributed by atoms with E-state index in [9.17, 15) is 30.3 Å². The van der Waals surface area contributed by atoms with Gasteiger partial charge in [0.15, 0.2) is 5.78 Å². The molecule has 3 fully saturated rings. The maximum Gasteiger partial charge on any atom is 0.161 e. The van der Waals surface area contributed by atoms with Crippen molar-refractivity contribution in [3.63, 3.8) is 0 Å². The van der Waals surface area contributed by atoms with Crippen LogP contribution < -0.4 is 0 Å². The summed E-state index contributed by atoms with van der Waals surface area (Å²) >= 11 is 0. The first-order chi connectivity index (χ1) is 25.9. The average Bonchev–Trinajstić information content (AvgIpc) is 3.71. The molecule has 0 bridgehead atoms. The van der Waals surface area contributed by atoms with Crippen molar-refractivity contribution in [1.82, 2.24) is 0 Å². The Labute approximate surface area is 336 Å². The van der Waals surface area contributed by atoms with E-state index in [2.05, 4.69) is 32.7 Å². The minimum Gasteiger partial charge on any atom is -0.393 e.